The number of piperidine rings is 1. The summed E-state index contributed by atoms with van der Waals surface area (Å²) < 4.78 is 0. The molecule has 3 atom stereocenters. The lowest BCUT2D eigenvalue weighted by atomic mass is 9.77. The van der Waals surface area contributed by atoms with Crippen molar-refractivity contribution in [2.24, 2.45) is 11.3 Å². The van der Waals surface area contributed by atoms with E-state index in [-0.39, 0.29) is 23.5 Å². The van der Waals surface area contributed by atoms with Crippen molar-refractivity contribution in [3.63, 3.8) is 0 Å². The largest absolute Gasteiger partial charge is 0.393 e. The van der Waals surface area contributed by atoms with Gasteiger partial charge in [-0.15, -0.1) is 0 Å². The normalized spacial score (nSPS) is 34.8. The zero-order valence-electron chi connectivity index (χ0n) is 12.2. The maximum atomic E-state index is 12.3. The van der Waals surface area contributed by atoms with E-state index in [1.165, 1.54) is 0 Å². The van der Waals surface area contributed by atoms with Gasteiger partial charge in [-0.25, -0.2) is 0 Å². The molecule has 0 bridgehead atoms. The minimum atomic E-state index is -0.167. The lowest BCUT2D eigenvalue weighted by molar-refractivity contribution is -0.127. The molecule has 0 aromatic heterocycles. The van der Waals surface area contributed by atoms with E-state index in [2.05, 4.69) is 24.5 Å². The first-order valence-corrected chi connectivity index (χ1v) is 7.68. The number of aliphatic hydroxyl groups excluding tert-OH is 1. The Balaban J connectivity index is 1.80. The van der Waals surface area contributed by atoms with Crippen LogP contribution in [0.4, 0.5) is 0 Å². The first kappa shape index (κ1) is 14.8. The Bertz CT molecular complexity index is 317. The molecule has 1 heterocycles. The van der Waals surface area contributed by atoms with E-state index in [1.54, 1.807) is 0 Å². The van der Waals surface area contributed by atoms with Crippen molar-refractivity contribution in [2.45, 2.75) is 64.5 Å². The van der Waals surface area contributed by atoms with Crippen LogP contribution in [-0.4, -0.2) is 36.2 Å². The van der Waals surface area contributed by atoms with Gasteiger partial charge in [0, 0.05) is 6.54 Å². The first-order valence-electron chi connectivity index (χ1n) is 7.68. The summed E-state index contributed by atoms with van der Waals surface area (Å²) in [5, 5.41) is 16.1. The lowest BCUT2D eigenvalue weighted by Gasteiger charge is -2.38. The highest BCUT2D eigenvalue weighted by Gasteiger charge is 2.37. The SMILES string of the molecule is CC1(C)CCCNC1C(=O)NCC1CCCC(O)C1. The molecule has 0 aromatic carbocycles. The van der Waals surface area contributed by atoms with Gasteiger partial charge in [0.2, 0.25) is 5.91 Å². The van der Waals surface area contributed by atoms with Crippen LogP contribution >= 0.6 is 0 Å². The maximum absolute atomic E-state index is 12.3. The number of carbonyl (C=O) groups excluding carboxylic acids is 1. The number of aliphatic hydroxyl groups is 1. The van der Waals surface area contributed by atoms with E-state index in [4.69, 9.17) is 0 Å². The molecule has 0 aromatic rings. The monoisotopic (exact) mass is 268 g/mol. The Morgan fingerprint density at radius 3 is 2.84 bits per heavy atom. The average Bonchev–Trinajstić information content (AvgIpc) is 2.35. The van der Waals surface area contributed by atoms with Crippen molar-refractivity contribution >= 4 is 5.91 Å². The quantitative estimate of drug-likeness (QED) is 0.725. The zero-order chi connectivity index (χ0) is 13.9. The fourth-order valence-corrected chi connectivity index (χ4v) is 3.45. The van der Waals surface area contributed by atoms with Crippen molar-refractivity contribution in [3.8, 4) is 0 Å². The molecule has 4 nitrogen and oxygen atoms in total. The van der Waals surface area contributed by atoms with Crippen molar-refractivity contribution in [1.29, 1.82) is 0 Å². The lowest BCUT2D eigenvalue weighted by Crippen LogP contribution is -2.56. The summed E-state index contributed by atoms with van der Waals surface area (Å²) in [5.41, 5.74) is 0.0361. The van der Waals surface area contributed by atoms with Crippen molar-refractivity contribution in [3.05, 3.63) is 0 Å². The fourth-order valence-electron chi connectivity index (χ4n) is 3.45. The summed E-state index contributed by atoms with van der Waals surface area (Å²) in [5.74, 6) is 0.573. The van der Waals surface area contributed by atoms with E-state index in [9.17, 15) is 9.90 Å². The molecule has 4 heteroatoms. The third kappa shape index (κ3) is 3.93. The van der Waals surface area contributed by atoms with E-state index < -0.39 is 0 Å². The molecule has 3 unspecified atom stereocenters. The van der Waals surface area contributed by atoms with Crippen LogP contribution in [0.1, 0.15) is 52.4 Å². The molecule has 2 fully saturated rings. The molecule has 3 N–H and O–H groups in total. The minimum Gasteiger partial charge on any atom is -0.393 e. The fraction of sp³-hybridized carbons (Fsp3) is 0.933. The molecular weight excluding hydrogens is 240 g/mol. The molecule has 1 aliphatic heterocycles. The van der Waals surface area contributed by atoms with Crippen molar-refractivity contribution in [2.75, 3.05) is 13.1 Å². The molecule has 0 spiro atoms. The molecule has 0 radical (unpaired) electrons. The molecule has 110 valence electrons. The van der Waals surface area contributed by atoms with Crippen LogP contribution in [0.5, 0.6) is 0 Å². The Kier molecular flexibility index (Phi) is 4.85. The zero-order valence-corrected chi connectivity index (χ0v) is 12.2. The molecule has 2 rings (SSSR count). The van der Waals surface area contributed by atoms with Crippen LogP contribution in [0.2, 0.25) is 0 Å². The van der Waals surface area contributed by atoms with Crippen LogP contribution in [0.15, 0.2) is 0 Å². The van der Waals surface area contributed by atoms with E-state index in [0.717, 1.165) is 45.1 Å². The third-order valence-corrected chi connectivity index (χ3v) is 4.71. The summed E-state index contributed by atoms with van der Waals surface area (Å²) >= 11 is 0. The highest BCUT2D eigenvalue weighted by atomic mass is 16.3. The van der Waals surface area contributed by atoms with Crippen LogP contribution in [0, 0.1) is 11.3 Å². The second kappa shape index (κ2) is 6.23. The molecular formula is C15H28N2O2. The summed E-state index contributed by atoms with van der Waals surface area (Å²) in [4.78, 5) is 12.3. The highest BCUT2D eigenvalue weighted by Crippen LogP contribution is 2.30. The van der Waals surface area contributed by atoms with Crippen molar-refractivity contribution in [1.82, 2.24) is 10.6 Å². The Labute approximate surface area is 116 Å². The summed E-state index contributed by atoms with van der Waals surface area (Å²) in [6.07, 6.45) is 6.03. The number of nitrogens with one attached hydrogen (secondary N) is 2. The number of hydrogen-bond acceptors (Lipinski definition) is 3. The molecule has 1 saturated carbocycles. The average molecular weight is 268 g/mol. The summed E-state index contributed by atoms with van der Waals surface area (Å²) in [7, 11) is 0. The first-order chi connectivity index (χ1) is 8.99. The van der Waals surface area contributed by atoms with Crippen molar-refractivity contribution < 1.29 is 9.90 Å². The second-order valence-corrected chi connectivity index (χ2v) is 6.91. The number of hydrogen-bond donors (Lipinski definition) is 3. The van der Waals surface area contributed by atoms with Gasteiger partial charge in [-0.05, 0) is 50.0 Å². The van der Waals surface area contributed by atoms with Crippen LogP contribution in [-0.2, 0) is 4.79 Å². The summed E-state index contributed by atoms with van der Waals surface area (Å²) in [6, 6.07) is -0.0743. The summed E-state index contributed by atoms with van der Waals surface area (Å²) in [6.45, 7) is 5.97. The predicted octanol–water partition coefficient (Wildman–Crippen LogP) is 1.43. The van der Waals surface area contributed by atoms with Gasteiger partial charge in [0.15, 0.2) is 0 Å². The molecule has 19 heavy (non-hydrogen) atoms. The minimum absolute atomic E-state index is 0.0361. The van der Waals surface area contributed by atoms with Gasteiger partial charge in [-0.2, -0.15) is 0 Å². The number of amides is 1. The topological polar surface area (TPSA) is 61.4 Å². The van der Waals surface area contributed by atoms with Gasteiger partial charge in [0.25, 0.3) is 0 Å². The molecule has 2 aliphatic rings. The van der Waals surface area contributed by atoms with Gasteiger partial charge < -0.3 is 15.7 Å². The number of carbonyl (C=O) groups is 1. The van der Waals surface area contributed by atoms with E-state index in [1.807, 2.05) is 0 Å². The van der Waals surface area contributed by atoms with Gasteiger partial charge in [-0.1, -0.05) is 20.3 Å². The maximum Gasteiger partial charge on any atom is 0.237 e. The Morgan fingerprint density at radius 2 is 2.16 bits per heavy atom. The van der Waals surface area contributed by atoms with Gasteiger partial charge in [0.1, 0.15) is 0 Å². The van der Waals surface area contributed by atoms with Crippen LogP contribution in [0.3, 0.4) is 0 Å². The van der Waals surface area contributed by atoms with Crippen LogP contribution in [0.25, 0.3) is 0 Å². The Morgan fingerprint density at radius 1 is 1.37 bits per heavy atom. The van der Waals surface area contributed by atoms with Gasteiger partial charge in [0.05, 0.1) is 12.1 Å². The second-order valence-electron chi connectivity index (χ2n) is 6.91. The number of rotatable bonds is 3. The van der Waals surface area contributed by atoms with Gasteiger partial charge >= 0.3 is 0 Å². The van der Waals surface area contributed by atoms with Gasteiger partial charge in [-0.3, -0.25) is 4.79 Å². The Hall–Kier alpha value is -0.610. The standard InChI is InChI=1S/C15H28N2O2/c1-15(2)7-4-8-16-13(15)14(19)17-10-11-5-3-6-12(18)9-11/h11-13,16,18H,3-10H2,1-2H3,(H,17,19). The highest BCUT2D eigenvalue weighted by molar-refractivity contribution is 5.82. The third-order valence-electron chi connectivity index (χ3n) is 4.71. The van der Waals surface area contributed by atoms with E-state index in [0.29, 0.717) is 12.5 Å². The van der Waals surface area contributed by atoms with E-state index >= 15 is 0 Å². The van der Waals surface area contributed by atoms with Crippen LogP contribution < -0.4 is 10.6 Å². The molecule has 1 amide bonds. The smallest absolute Gasteiger partial charge is 0.237 e. The molecule has 1 saturated heterocycles. The molecule has 1 aliphatic carbocycles. The predicted molar refractivity (Wildman–Crippen MR) is 75.8 cm³/mol.